The highest BCUT2D eigenvalue weighted by atomic mass is 16.5. The third-order valence-electron chi connectivity index (χ3n) is 9.05. The number of Topliss-reactive ketones (excluding diaryl/α,β-unsaturated/α-hetero) is 1. The molecule has 1 aliphatic heterocycles. The van der Waals surface area contributed by atoms with Crippen LogP contribution in [0.25, 0.3) is 0 Å². The summed E-state index contributed by atoms with van der Waals surface area (Å²) in [5.74, 6) is -2.17. The Bertz CT molecular complexity index is 1170. The highest BCUT2D eigenvalue weighted by Crippen LogP contribution is 2.33. The molecule has 0 radical (unpaired) electrons. The van der Waals surface area contributed by atoms with Crippen molar-refractivity contribution < 1.29 is 33.5 Å². The highest BCUT2D eigenvalue weighted by Gasteiger charge is 2.48. The van der Waals surface area contributed by atoms with Crippen LogP contribution in [0.1, 0.15) is 94.4 Å². The summed E-state index contributed by atoms with van der Waals surface area (Å²) in [5.41, 5.74) is -1.22. The van der Waals surface area contributed by atoms with Crippen molar-refractivity contribution in [2.24, 2.45) is 28.6 Å². The molecule has 1 saturated heterocycles. The minimum Gasteiger partial charge on any atom is -0.447 e. The number of alkyl carbamates (subject to hydrolysis) is 1. The molecule has 6 amide bonds. The first-order chi connectivity index (χ1) is 22.3. The van der Waals surface area contributed by atoms with Gasteiger partial charge in [-0.1, -0.05) is 74.8 Å². The van der Waals surface area contributed by atoms with Crippen LogP contribution in [0, 0.1) is 28.6 Å². The summed E-state index contributed by atoms with van der Waals surface area (Å²) in [6, 6.07) is -4.13. The van der Waals surface area contributed by atoms with Crippen molar-refractivity contribution in [3.8, 4) is 0 Å². The van der Waals surface area contributed by atoms with E-state index < -0.39 is 70.6 Å². The van der Waals surface area contributed by atoms with Crippen molar-refractivity contribution in [3.63, 3.8) is 0 Å². The minimum absolute atomic E-state index is 0.0353. The predicted molar refractivity (Wildman–Crippen MR) is 184 cm³/mol. The Morgan fingerprint density at radius 2 is 1.56 bits per heavy atom. The van der Waals surface area contributed by atoms with E-state index >= 15 is 0 Å². The molecule has 2 fully saturated rings. The molecule has 5 N–H and O–H groups in total. The molecule has 272 valence electrons. The maximum atomic E-state index is 14.3. The van der Waals surface area contributed by atoms with Crippen molar-refractivity contribution in [2.45, 2.75) is 119 Å². The van der Waals surface area contributed by atoms with E-state index in [2.05, 4.69) is 33.2 Å². The topological polar surface area (TPSA) is 175 Å². The van der Waals surface area contributed by atoms with Gasteiger partial charge in [-0.25, -0.2) is 9.59 Å². The van der Waals surface area contributed by atoms with Crippen LogP contribution in [0.15, 0.2) is 12.7 Å². The normalized spacial score (nSPS) is 19.8. The standard InChI is InChI=1S/C35H60N6O7/c1-11-13-24(27(42)30(44)36-17-12-2)38-29(43)26-23(21(3)4)16-18-41(26)31(45)28(35(8,9)10)40-32(46)39-25(34(5,6)7)20-48-33(47)37-19-22-14-15-22/h12,21-26,28H,2,11,13-20H2,1,3-10H3,(H,36,44)(H,37,47)(H,38,43)(H2,39,40,46)/t23?,24?,25-,26+,28-/m1/s1. The van der Waals surface area contributed by atoms with E-state index in [1.54, 1.807) is 0 Å². The second-order valence-corrected chi connectivity index (χ2v) is 15.6. The minimum atomic E-state index is -1.05. The van der Waals surface area contributed by atoms with E-state index in [1.807, 2.05) is 62.3 Å². The molecule has 48 heavy (non-hydrogen) atoms. The number of carbonyl (C=O) groups excluding carboxylic acids is 6. The van der Waals surface area contributed by atoms with E-state index in [1.165, 1.54) is 11.0 Å². The average molecular weight is 677 g/mol. The first-order valence-electron chi connectivity index (χ1n) is 17.3. The molecule has 1 aliphatic carbocycles. The molecular formula is C35H60N6O7. The van der Waals surface area contributed by atoms with Crippen LogP contribution in [-0.2, 0) is 23.9 Å². The summed E-state index contributed by atoms with van der Waals surface area (Å²) in [4.78, 5) is 80.8. The van der Waals surface area contributed by atoms with Crippen LogP contribution in [0.4, 0.5) is 9.59 Å². The molecule has 0 aromatic heterocycles. The van der Waals surface area contributed by atoms with E-state index in [4.69, 9.17) is 4.74 Å². The molecule has 13 nitrogen and oxygen atoms in total. The van der Waals surface area contributed by atoms with Crippen LogP contribution < -0.4 is 26.6 Å². The lowest BCUT2D eigenvalue weighted by molar-refractivity contribution is -0.144. The number of carbonyl (C=O) groups is 6. The Hall–Kier alpha value is -3.64. The quantitative estimate of drug-likeness (QED) is 0.123. The summed E-state index contributed by atoms with van der Waals surface area (Å²) in [6.07, 6.45) is 4.46. The zero-order valence-corrected chi connectivity index (χ0v) is 30.5. The van der Waals surface area contributed by atoms with Crippen molar-refractivity contribution in [1.82, 2.24) is 31.5 Å². The zero-order chi connectivity index (χ0) is 36.4. The molecular weight excluding hydrogens is 616 g/mol. The molecule has 0 aromatic rings. The van der Waals surface area contributed by atoms with Crippen LogP contribution in [0.5, 0.6) is 0 Å². The first kappa shape index (κ1) is 40.5. The number of amides is 6. The molecule has 13 heteroatoms. The van der Waals surface area contributed by atoms with Gasteiger partial charge in [-0.3, -0.25) is 19.2 Å². The van der Waals surface area contributed by atoms with Crippen molar-refractivity contribution in [1.29, 1.82) is 0 Å². The number of hydrogen-bond donors (Lipinski definition) is 5. The van der Waals surface area contributed by atoms with Gasteiger partial charge in [-0.2, -0.15) is 0 Å². The molecule has 1 saturated carbocycles. The number of ether oxygens (including phenoxy) is 1. The smallest absolute Gasteiger partial charge is 0.407 e. The summed E-state index contributed by atoms with van der Waals surface area (Å²) in [7, 11) is 0. The monoisotopic (exact) mass is 676 g/mol. The molecule has 1 heterocycles. The van der Waals surface area contributed by atoms with Crippen LogP contribution >= 0.6 is 0 Å². The van der Waals surface area contributed by atoms with E-state index in [-0.39, 0.29) is 38.0 Å². The third-order valence-corrected chi connectivity index (χ3v) is 9.05. The summed E-state index contributed by atoms with van der Waals surface area (Å²) in [5, 5.41) is 13.7. The second kappa shape index (κ2) is 17.7. The van der Waals surface area contributed by atoms with Gasteiger partial charge < -0.3 is 36.2 Å². The van der Waals surface area contributed by atoms with Crippen molar-refractivity contribution in [3.05, 3.63) is 12.7 Å². The lowest BCUT2D eigenvalue weighted by Gasteiger charge is -2.38. The van der Waals surface area contributed by atoms with E-state index in [9.17, 15) is 28.8 Å². The highest BCUT2D eigenvalue weighted by molar-refractivity contribution is 6.38. The summed E-state index contributed by atoms with van der Waals surface area (Å²) in [6.45, 7) is 21.5. The fourth-order valence-corrected chi connectivity index (χ4v) is 5.74. The number of ketones is 1. The SMILES string of the molecule is C=CCNC(=O)C(=O)C(CCC)NC(=O)[C@@H]1C(C(C)C)CCN1C(=O)[C@@H](NC(=O)N[C@H](COC(=O)NCC1CC1)C(C)(C)C)C(C)(C)C. The van der Waals surface area contributed by atoms with E-state index in [0.717, 1.165) is 12.8 Å². The Kier molecular flexibility index (Phi) is 14.9. The molecule has 2 unspecified atom stereocenters. The molecule has 0 spiro atoms. The van der Waals surface area contributed by atoms with Crippen molar-refractivity contribution in [2.75, 3.05) is 26.2 Å². The maximum absolute atomic E-state index is 14.3. The summed E-state index contributed by atoms with van der Waals surface area (Å²) >= 11 is 0. The average Bonchev–Trinajstić information content (AvgIpc) is 3.72. The van der Waals surface area contributed by atoms with Crippen molar-refractivity contribution >= 4 is 35.6 Å². The zero-order valence-electron chi connectivity index (χ0n) is 30.5. The van der Waals surface area contributed by atoms with Gasteiger partial charge in [0.15, 0.2) is 0 Å². The lowest BCUT2D eigenvalue weighted by atomic mass is 9.84. The Morgan fingerprint density at radius 1 is 0.917 bits per heavy atom. The van der Waals surface area contributed by atoms with Gasteiger partial charge in [0, 0.05) is 19.6 Å². The summed E-state index contributed by atoms with van der Waals surface area (Å²) < 4.78 is 5.42. The number of likely N-dealkylation sites (tertiary alicyclic amines) is 1. The fraction of sp³-hybridized carbons (Fsp3) is 0.771. The number of hydrogen-bond acceptors (Lipinski definition) is 7. The number of nitrogens with zero attached hydrogens (tertiary/aromatic N) is 1. The van der Waals surface area contributed by atoms with Gasteiger partial charge in [-0.15, -0.1) is 6.58 Å². The molecule has 0 bridgehead atoms. The molecule has 2 aliphatic rings. The number of rotatable bonds is 16. The van der Waals surface area contributed by atoms with E-state index in [0.29, 0.717) is 25.3 Å². The molecule has 2 rings (SSSR count). The van der Waals surface area contributed by atoms with Gasteiger partial charge >= 0.3 is 12.1 Å². The van der Waals surface area contributed by atoms with Crippen LogP contribution in [-0.4, -0.2) is 90.9 Å². The van der Waals surface area contributed by atoms with Gasteiger partial charge in [0.1, 0.15) is 18.7 Å². The lowest BCUT2D eigenvalue weighted by Crippen LogP contribution is -2.62. The number of urea groups is 1. The Morgan fingerprint density at radius 3 is 2.08 bits per heavy atom. The Balaban J connectivity index is 2.24. The molecule has 0 aromatic carbocycles. The van der Waals surface area contributed by atoms with Gasteiger partial charge in [0.2, 0.25) is 17.6 Å². The first-order valence-corrected chi connectivity index (χ1v) is 17.3. The van der Waals surface area contributed by atoms with Crippen LogP contribution in [0.3, 0.4) is 0 Å². The molecule has 5 atom stereocenters. The second-order valence-electron chi connectivity index (χ2n) is 15.6. The van der Waals surface area contributed by atoms with Gasteiger partial charge in [-0.05, 0) is 54.3 Å². The third kappa shape index (κ3) is 12.1. The number of nitrogens with one attached hydrogen (secondary N) is 5. The Labute approximate surface area is 286 Å². The van der Waals surface area contributed by atoms with Gasteiger partial charge in [0.05, 0.1) is 12.1 Å². The largest absolute Gasteiger partial charge is 0.447 e. The van der Waals surface area contributed by atoms with Gasteiger partial charge in [0.25, 0.3) is 5.91 Å². The maximum Gasteiger partial charge on any atom is 0.407 e. The van der Waals surface area contributed by atoms with Crippen LogP contribution in [0.2, 0.25) is 0 Å². The fourth-order valence-electron chi connectivity index (χ4n) is 5.74. The predicted octanol–water partition coefficient (Wildman–Crippen LogP) is 3.28.